The van der Waals surface area contributed by atoms with Gasteiger partial charge >= 0.3 is 7.60 Å². The highest BCUT2D eigenvalue weighted by Crippen LogP contribution is 2.51. The van der Waals surface area contributed by atoms with E-state index in [0.29, 0.717) is 19.0 Å². The number of aromatic nitrogens is 4. The Balaban J connectivity index is 2.33. The lowest BCUT2D eigenvalue weighted by atomic mass is 10.3. The van der Waals surface area contributed by atoms with Gasteiger partial charge < -0.3 is 9.05 Å². The van der Waals surface area contributed by atoms with Crippen LogP contribution in [0.1, 0.15) is 19.7 Å². The molecular formula is C12H16BrN4O3P. The summed E-state index contributed by atoms with van der Waals surface area (Å²) in [4.78, 5) is 0. The Hall–Kier alpha value is -1.08. The van der Waals surface area contributed by atoms with Crippen LogP contribution in [0.2, 0.25) is 0 Å². The molecule has 0 amide bonds. The number of halogens is 1. The zero-order valence-corrected chi connectivity index (χ0v) is 14.2. The SMILES string of the molecule is CCOP(=O)(Cc1nnnn1-c1ccccc1Br)OCC. The number of nitrogens with zero attached hydrogens (tertiary/aromatic N) is 4. The molecule has 1 aromatic carbocycles. The third-order valence-corrected chi connectivity index (χ3v) is 5.25. The Morgan fingerprint density at radius 3 is 2.52 bits per heavy atom. The molecule has 2 rings (SSSR count). The summed E-state index contributed by atoms with van der Waals surface area (Å²) < 4.78 is 25.5. The first-order valence-electron chi connectivity index (χ1n) is 6.50. The van der Waals surface area contributed by atoms with Gasteiger partial charge in [-0.2, -0.15) is 4.68 Å². The maximum atomic E-state index is 12.6. The molecule has 9 heteroatoms. The third kappa shape index (κ3) is 3.97. The minimum atomic E-state index is -3.25. The Bertz CT molecular complexity index is 639. The van der Waals surface area contributed by atoms with Gasteiger partial charge in [0.25, 0.3) is 0 Å². The molecule has 7 nitrogen and oxygen atoms in total. The quantitative estimate of drug-likeness (QED) is 0.692. The molecule has 0 aliphatic carbocycles. The van der Waals surface area contributed by atoms with E-state index in [4.69, 9.17) is 9.05 Å². The number of hydrogen-bond acceptors (Lipinski definition) is 6. The van der Waals surface area contributed by atoms with Gasteiger partial charge in [0.05, 0.1) is 18.9 Å². The van der Waals surface area contributed by atoms with Crippen molar-refractivity contribution < 1.29 is 13.6 Å². The van der Waals surface area contributed by atoms with Crippen molar-refractivity contribution >= 4 is 23.5 Å². The highest BCUT2D eigenvalue weighted by Gasteiger charge is 2.28. The topological polar surface area (TPSA) is 79.1 Å². The first kappa shape index (κ1) is 16.3. The summed E-state index contributed by atoms with van der Waals surface area (Å²) in [6.07, 6.45) is 0.0169. The standard InChI is InChI=1S/C12H16BrN4O3P/c1-3-19-21(18,20-4-2)9-12-14-15-16-17(12)11-8-6-5-7-10(11)13/h5-8H,3-4,9H2,1-2H3. The second kappa shape index (κ2) is 7.26. The summed E-state index contributed by atoms with van der Waals surface area (Å²) in [5, 5.41) is 11.5. The van der Waals surface area contributed by atoms with Crippen molar-refractivity contribution in [1.29, 1.82) is 0 Å². The van der Waals surface area contributed by atoms with Crippen LogP contribution < -0.4 is 0 Å². The van der Waals surface area contributed by atoms with Crippen molar-refractivity contribution in [3.05, 3.63) is 34.6 Å². The van der Waals surface area contributed by atoms with Crippen molar-refractivity contribution in [3.8, 4) is 5.69 Å². The predicted octanol–water partition coefficient (Wildman–Crippen LogP) is 3.19. The van der Waals surface area contributed by atoms with E-state index < -0.39 is 7.60 Å². The molecule has 0 unspecified atom stereocenters. The Kier molecular flexibility index (Phi) is 5.64. The summed E-state index contributed by atoms with van der Waals surface area (Å²) in [6.45, 7) is 4.13. The van der Waals surface area contributed by atoms with E-state index in [1.54, 1.807) is 13.8 Å². The zero-order chi connectivity index (χ0) is 15.3. The molecule has 0 radical (unpaired) electrons. The molecule has 0 saturated carbocycles. The van der Waals surface area contributed by atoms with Gasteiger partial charge in [-0.05, 0) is 52.3 Å². The summed E-state index contributed by atoms with van der Waals surface area (Å²) >= 11 is 3.45. The number of hydrogen-bond donors (Lipinski definition) is 0. The van der Waals surface area contributed by atoms with Gasteiger partial charge in [-0.1, -0.05) is 12.1 Å². The van der Waals surface area contributed by atoms with Crippen LogP contribution in [0.25, 0.3) is 5.69 Å². The van der Waals surface area contributed by atoms with Crippen LogP contribution in [0, 0.1) is 0 Å². The largest absolute Gasteiger partial charge is 0.338 e. The minimum absolute atomic E-state index is 0.0169. The maximum absolute atomic E-state index is 12.6. The van der Waals surface area contributed by atoms with Gasteiger partial charge in [0.15, 0.2) is 5.82 Å². The van der Waals surface area contributed by atoms with Gasteiger partial charge in [-0.25, -0.2) is 0 Å². The van der Waals surface area contributed by atoms with Crippen LogP contribution in [-0.4, -0.2) is 33.4 Å². The summed E-state index contributed by atoms with van der Waals surface area (Å²) in [5.74, 6) is 0.423. The molecule has 0 saturated heterocycles. The molecule has 21 heavy (non-hydrogen) atoms. The van der Waals surface area contributed by atoms with Crippen LogP contribution in [0.3, 0.4) is 0 Å². The molecule has 0 N–H and O–H groups in total. The molecule has 0 fully saturated rings. The fraction of sp³-hybridized carbons (Fsp3) is 0.417. The van der Waals surface area contributed by atoms with Gasteiger partial charge in [0, 0.05) is 4.47 Å². The van der Waals surface area contributed by atoms with Crippen LogP contribution in [0.5, 0.6) is 0 Å². The fourth-order valence-corrected chi connectivity index (χ4v) is 3.85. The Labute approximate surface area is 131 Å². The average molecular weight is 375 g/mol. The van der Waals surface area contributed by atoms with Gasteiger partial charge in [0.2, 0.25) is 0 Å². The molecule has 0 aliphatic heterocycles. The lowest BCUT2D eigenvalue weighted by molar-refractivity contribution is 0.218. The van der Waals surface area contributed by atoms with E-state index in [1.165, 1.54) is 4.68 Å². The van der Waals surface area contributed by atoms with Crippen molar-refractivity contribution in [3.63, 3.8) is 0 Å². The van der Waals surface area contributed by atoms with E-state index in [2.05, 4.69) is 31.5 Å². The smallest absolute Gasteiger partial charge is 0.309 e. The van der Waals surface area contributed by atoms with E-state index in [0.717, 1.165) is 10.2 Å². The van der Waals surface area contributed by atoms with Crippen LogP contribution in [0.15, 0.2) is 28.7 Å². The predicted molar refractivity (Wildman–Crippen MR) is 81.4 cm³/mol. The molecule has 1 aromatic heterocycles. The van der Waals surface area contributed by atoms with Gasteiger partial charge in [-0.15, -0.1) is 5.10 Å². The van der Waals surface area contributed by atoms with Gasteiger partial charge in [0.1, 0.15) is 6.16 Å². The second-order valence-corrected chi connectivity index (χ2v) is 6.97. The molecule has 114 valence electrons. The van der Waals surface area contributed by atoms with E-state index in [9.17, 15) is 4.57 Å². The highest BCUT2D eigenvalue weighted by atomic mass is 79.9. The molecule has 0 aliphatic rings. The fourth-order valence-electron chi connectivity index (χ4n) is 1.81. The third-order valence-electron chi connectivity index (χ3n) is 2.60. The Morgan fingerprint density at radius 1 is 1.24 bits per heavy atom. The first-order chi connectivity index (χ1) is 10.1. The molecule has 0 atom stereocenters. The van der Waals surface area contributed by atoms with E-state index in [1.807, 2.05) is 24.3 Å². The second-order valence-electron chi connectivity index (χ2n) is 4.06. The maximum Gasteiger partial charge on any atom is 0.338 e. The van der Waals surface area contributed by atoms with Crippen LogP contribution >= 0.6 is 23.5 Å². The zero-order valence-electron chi connectivity index (χ0n) is 11.8. The van der Waals surface area contributed by atoms with Gasteiger partial charge in [-0.3, -0.25) is 4.57 Å². The molecular weight excluding hydrogens is 359 g/mol. The molecule has 1 heterocycles. The summed E-state index contributed by atoms with van der Waals surface area (Å²) in [5.41, 5.74) is 0.761. The lowest BCUT2D eigenvalue weighted by Crippen LogP contribution is -2.07. The van der Waals surface area contributed by atoms with Crippen molar-refractivity contribution in [1.82, 2.24) is 20.2 Å². The van der Waals surface area contributed by atoms with E-state index in [-0.39, 0.29) is 6.16 Å². The molecule has 0 bridgehead atoms. The van der Waals surface area contributed by atoms with Crippen LogP contribution in [0.4, 0.5) is 0 Å². The number of benzene rings is 1. The van der Waals surface area contributed by atoms with Crippen molar-refractivity contribution in [2.75, 3.05) is 13.2 Å². The lowest BCUT2D eigenvalue weighted by Gasteiger charge is -2.16. The normalized spacial score (nSPS) is 11.8. The molecule has 2 aromatic rings. The van der Waals surface area contributed by atoms with E-state index >= 15 is 0 Å². The first-order valence-corrected chi connectivity index (χ1v) is 9.02. The highest BCUT2D eigenvalue weighted by molar-refractivity contribution is 9.10. The average Bonchev–Trinajstić information content (AvgIpc) is 2.87. The Morgan fingerprint density at radius 2 is 1.90 bits per heavy atom. The minimum Gasteiger partial charge on any atom is -0.309 e. The molecule has 0 spiro atoms. The summed E-state index contributed by atoms with van der Waals surface area (Å²) in [7, 11) is -3.25. The number of rotatable bonds is 7. The summed E-state index contributed by atoms with van der Waals surface area (Å²) in [6, 6.07) is 7.50. The van der Waals surface area contributed by atoms with Crippen molar-refractivity contribution in [2.45, 2.75) is 20.0 Å². The monoisotopic (exact) mass is 374 g/mol. The van der Waals surface area contributed by atoms with Crippen LogP contribution in [-0.2, 0) is 19.8 Å². The van der Waals surface area contributed by atoms with Crippen molar-refractivity contribution in [2.24, 2.45) is 0 Å². The number of tetrazole rings is 1. The number of para-hydroxylation sites is 1.